The number of alkyl halides is 3. The Morgan fingerprint density at radius 3 is 2.54 bits per heavy atom. The molecule has 0 radical (unpaired) electrons. The third kappa shape index (κ3) is 3.19. The molecule has 1 aromatic rings. The van der Waals surface area contributed by atoms with Crippen molar-refractivity contribution in [2.24, 2.45) is 0 Å². The first-order valence-corrected chi connectivity index (χ1v) is 3.49. The Bertz CT molecular complexity index is 304. The average molecular weight is 187 g/mol. The fourth-order valence-electron chi connectivity index (χ4n) is 0.911. The van der Waals surface area contributed by atoms with Crippen LogP contribution in [0.15, 0.2) is 24.3 Å². The van der Waals surface area contributed by atoms with E-state index >= 15 is 0 Å². The molecule has 4 heteroatoms. The smallest absolute Gasteiger partial charge is 0.299 e. The summed E-state index contributed by atoms with van der Waals surface area (Å²) in [5.41, 5.74) is 0.218. The van der Waals surface area contributed by atoms with Gasteiger partial charge in [0.05, 0.1) is 0 Å². The molecule has 0 aliphatic carbocycles. The highest BCUT2D eigenvalue weighted by Gasteiger charge is 2.21. The summed E-state index contributed by atoms with van der Waals surface area (Å²) in [6.45, 7) is 0. The third-order valence-electron chi connectivity index (χ3n) is 1.38. The lowest BCUT2D eigenvalue weighted by atomic mass is 10.1. The minimum absolute atomic E-state index is 0.0166. The van der Waals surface area contributed by atoms with E-state index in [0.29, 0.717) is 6.29 Å². The number of carbonyl (C=O) groups is 1. The molecule has 0 saturated carbocycles. The minimum atomic E-state index is -4.35. The second-order valence-corrected chi connectivity index (χ2v) is 2.47. The zero-order chi connectivity index (χ0) is 9.90. The van der Waals surface area contributed by atoms with Crippen LogP contribution in [0.2, 0.25) is 0 Å². The lowest BCUT2D eigenvalue weighted by Gasteiger charge is -2.13. The maximum Gasteiger partial charge on any atom is 0.364 e. The molecule has 0 aliphatic rings. The Labute approximate surface area is 73.2 Å². The van der Waals surface area contributed by atoms with Gasteiger partial charge in [-0.05, 0) is 5.56 Å². The van der Waals surface area contributed by atoms with Gasteiger partial charge in [0, 0.05) is 0 Å². The zero-order valence-corrected chi connectivity index (χ0v) is 6.51. The minimum Gasteiger partial charge on any atom is -0.299 e. The SMILES string of the molecule is O=Cc1cccc([CH-]C(F)(F)F)c1. The number of rotatable bonds is 2. The van der Waals surface area contributed by atoms with E-state index in [1.54, 1.807) is 0 Å². The molecule has 0 fully saturated rings. The number of carbonyl (C=O) groups excluding carboxylic acids is 1. The lowest BCUT2D eigenvalue weighted by molar-refractivity contribution is -0.0927. The first-order valence-electron chi connectivity index (χ1n) is 3.49. The Kier molecular flexibility index (Phi) is 2.60. The predicted octanol–water partition coefficient (Wildman–Crippen LogP) is 2.61. The third-order valence-corrected chi connectivity index (χ3v) is 1.38. The number of aldehydes is 1. The first kappa shape index (κ1) is 9.64. The highest BCUT2D eigenvalue weighted by atomic mass is 19.4. The van der Waals surface area contributed by atoms with Gasteiger partial charge in [-0.2, -0.15) is 30.9 Å². The van der Waals surface area contributed by atoms with Crippen LogP contribution in [0.4, 0.5) is 13.2 Å². The summed E-state index contributed by atoms with van der Waals surface area (Å²) in [5.74, 6) is 0. The van der Waals surface area contributed by atoms with E-state index in [1.165, 1.54) is 24.3 Å². The average Bonchev–Trinajstić information content (AvgIpc) is 2.01. The van der Waals surface area contributed by atoms with E-state index in [4.69, 9.17) is 0 Å². The normalized spacial score (nSPS) is 11.0. The fraction of sp³-hybridized carbons (Fsp3) is 0.111. The molecule has 70 valence electrons. The van der Waals surface area contributed by atoms with Crippen molar-refractivity contribution in [1.29, 1.82) is 0 Å². The zero-order valence-electron chi connectivity index (χ0n) is 6.51. The van der Waals surface area contributed by atoms with Crippen molar-refractivity contribution in [2.45, 2.75) is 6.18 Å². The van der Waals surface area contributed by atoms with Crippen molar-refractivity contribution >= 4 is 6.29 Å². The molecule has 0 N–H and O–H groups in total. The molecule has 0 heterocycles. The van der Waals surface area contributed by atoms with Crippen molar-refractivity contribution in [3.05, 3.63) is 41.8 Å². The molecule has 0 aromatic heterocycles. The lowest BCUT2D eigenvalue weighted by Crippen LogP contribution is -2.08. The van der Waals surface area contributed by atoms with Crippen LogP contribution in [0.25, 0.3) is 0 Å². The van der Waals surface area contributed by atoms with Crippen molar-refractivity contribution in [2.75, 3.05) is 0 Å². The van der Waals surface area contributed by atoms with Crippen LogP contribution < -0.4 is 0 Å². The van der Waals surface area contributed by atoms with Gasteiger partial charge >= 0.3 is 6.18 Å². The highest BCUT2D eigenvalue weighted by molar-refractivity contribution is 5.75. The second kappa shape index (κ2) is 3.51. The molecule has 0 aliphatic heterocycles. The summed E-state index contributed by atoms with van der Waals surface area (Å²) >= 11 is 0. The molecule has 0 unspecified atom stereocenters. The summed E-state index contributed by atoms with van der Waals surface area (Å²) in [6, 6.07) is 5.32. The summed E-state index contributed by atoms with van der Waals surface area (Å²) < 4.78 is 35.5. The molecular formula is C9H6F3O-. The Morgan fingerprint density at radius 2 is 2.00 bits per heavy atom. The van der Waals surface area contributed by atoms with E-state index in [0.717, 1.165) is 0 Å². The van der Waals surface area contributed by atoms with Crippen molar-refractivity contribution in [1.82, 2.24) is 0 Å². The molecule has 1 rings (SSSR count). The molecule has 0 saturated heterocycles. The molecule has 13 heavy (non-hydrogen) atoms. The van der Waals surface area contributed by atoms with Crippen molar-refractivity contribution < 1.29 is 18.0 Å². The van der Waals surface area contributed by atoms with Gasteiger partial charge in [-0.25, -0.2) is 0 Å². The summed E-state index contributed by atoms with van der Waals surface area (Å²) in [5, 5.41) is 0. The van der Waals surface area contributed by atoms with E-state index in [9.17, 15) is 18.0 Å². The Balaban J connectivity index is 2.84. The Hall–Kier alpha value is -1.45. The summed E-state index contributed by atoms with van der Waals surface area (Å²) in [6.07, 6.45) is -3.69. The number of hydrogen-bond donors (Lipinski definition) is 0. The van der Waals surface area contributed by atoms with Crippen LogP contribution in [0, 0.1) is 6.42 Å². The van der Waals surface area contributed by atoms with Gasteiger partial charge in [0.15, 0.2) is 0 Å². The fourth-order valence-corrected chi connectivity index (χ4v) is 0.911. The molecule has 0 bridgehead atoms. The van der Waals surface area contributed by atoms with Crippen LogP contribution in [0.3, 0.4) is 0 Å². The summed E-state index contributed by atoms with van der Waals surface area (Å²) in [7, 11) is 0. The number of halogens is 3. The van der Waals surface area contributed by atoms with Crippen LogP contribution >= 0.6 is 0 Å². The van der Waals surface area contributed by atoms with Gasteiger partial charge in [0.2, 0.25) is 0 Å². The van der Waals surface area contributed by atoms with Gasteiger partial charge in [-0.3, -0.25) is 4.79 Å². The second-order valence-electron chi connectivity index (χ2n) is 2.47. The quantitative estimate of drug-likeness (QED) is 0.513. The monoisotopic (exact) mass is 187 g/mol. The van der Waals surface area contributed by atoms with Gasteiger partial charge in [0.1, 0.15) is 6.29 Å². The molecule has 1 aromatic carbocycles. The van der Waals surface area contributed by atoms with Crippen molar-refractivity contribution in [3.8, 4) is 0 Å². The highest BCUT2D eigenvalue weighted by Crippen LogP contribution is 2.23. The topological polar surface area (TPSA) is 17.1 Å². The Morgan fingerprint density at radius 1 is 1.31 bits per heavy atom. The molecular weight excluding hydrogens is 181 g/mol. The first-order chi connectivity index (χ1) is 6.01. The molecule has 0 spiro atoms. The molecule has 1 nitrogen and oxygen atoms in total. The molecule has 0 atom stereocenters. The molecule has 0 amide bonds. The van der Waals surface area contributed by atoms with E-state index in [1.807, 2.05) is 0 Å². The van der Waals surface area contributed by atoms with Gasteiger partial charge in [-0.15, -0.1) is 6.07 Å². The van der Waals surface area contributed by atoms with Crippen molar-refractivity contribution in [3.63, 3.8) is 0 Å². The maximum atomic E-state index is 11.8. The van der Waals surface area contributed by atoms with E-state index in [2.05, 4.69) is 0 Å². The van der Waals surface area contributed by atoms with Gasteiger partial charge in [-0.1, -0.05) is 12.5 Å². The van der Waals surface area contributed by atoms with Crippen LogP contribution in [-0.2, 0) is 0 Å². The number of benzene rings is 1. The largest absolute Gasteiger partial charge is 0.364 e. The van der Waals surface area contributed by atoms with Crippen LogP contribution in [0.1, 0.15) is 15.9 Å². The van der Waals surface area contributed by atoms with Gasteiger partial charge < -0.3 is 0 Å². The van der Waals surface area contributed by atoms with Crippen LogP contribution in [-0.4, -0.2) is 12.5 Å². The van der Waals surface area contributed by atoms with Crippen LogP contribution in [0.5, 0.6) is 0 Å². The van der Waals surface area contributed by atoms with Gasteiger partial charge in [0.25, 0.3) is 0 Å². The standard InChI is InChI=1S/C9H6F3O/c10-9(11,12)5-7-2-1-3-8(4-7)6-13/h1-6H/q-1. The summed E-state index contributed by atoms with van der Waals surface area (Å²) in [4.78, 5) is 10.2. The van der Waals surface area contributed by atoms with E-state index < -0.39 is 6.18 Å². The van der Waals surface area contributed by atoms with E-state index in [-0.39, 0.29) is 17.5 Å². The number of hydrogen-bond acceptors (Lipinski definition) is 1. The predicted molar refractivity (Wildman–Crippen MR) is 41.3 cm³/mol. The maximum absolute atomic E-state index is 11.8.